The van der Waals surface area contributed by atoms with Crippen molar-refractivity contribution >= 4 is 17.7 Å². The first kappa shape index (κ1) is 24.8. The van der Waals surface area contributed by atoms with E-state index in [2.05, 4.69) is 5.32 Å². The molecule has 8 nitrogen and oxygen atoms in total. The fourth-order valence-electron chi connectivity index (χ4n) is 2.93. The van der Waals surface area contributed by atoms with Gasteiger partial charge in [0, 0.05) is 5.69 Å². The Balaban J connectivity index is 2.31. The van der Waals surface area contributed by atoms with Crippen LogP contribution in [-0.4, -0.2) is 39.0 Å². The molecule has 2 aromatic carbocycles. The Bertz CT molecular complexity index is 919. The van der Waals surface area contributed by atoms with Crippen LogP contribution in [0.25, 0.3) is 0 Å². The van der Waals surface area contributed by atoms with Crippen LogP contribution in [0.5, 0.6) is 17.2 Å². The molecule has 0 unspecified atom stereocenters. The van der Waals surface area contributed by atoms with E-state index in [0.29, 0.717) is 28.5 Å². The van der Waals surface area contributed by atoms with Crippen molar-refractivity contribution in [1.29, 1.82) is 0 Å². The minimum Gasteiger partial charge on any atom is -0.497 e. The number of methoxy groups -OCH3 is 3. The minimum absolute atomic E-state index is 0.335. The van der Waals surface area contributed by atoms with Crippen molar-refractivity contribution < 1.29 is 33.3 Å². The molecule has 32 heavy (non-hydrogen) atoms. The van der Waals surface area contributed by atoms with Crippen molar-refractivity contribution in [3.63, 3.8) is 0 Å². The number of rotatable bonds is 8. The summed E-state index contributed by atoms with van der Waals surface area (Å²) in [4.78, 5) is 25.4. The zero-order valence-electron chi connectivity index (χ0n) is 19.6. The van der Waals surface area contributed by atoms with Crippen LogP contribution in [0.2, 0.25) is 0 Å². The highest BCUT2D eigenvalue weighted by molar-refractivity contribution is 5.93. The summed E-state index contributed by atoms with van der Waals surface area (Å²) in [5.74, 6) is 0.557. The maximum absolute atomic E-state index is 13.0. The highest BCUT2D eigenvalue weighted by atomic mass is 16.7. The van der Waals surface area contributed by atoms with E-state index in [-0.39, 0.29) is 5.91 Å². The van der Waals surface area contributed by atoms with Gasteiger partial charge in [0.1, 0.15) is 17.5 Å². The number of hydrogen-bond donors (Lipinski definition) is 1. The summed E-state index contributed by atoms with van der Waals surface area (Å²) in [5.41, 5.74) is 0.408. The molecule has 0 spiro atoms. The van der Waals surface area contributed by atoms with Gasteiger partial charge in [-0.25, -0.2) is 4.79 Å². The van der Waals surface area contributed by atoms with Crippen molar-refractivity contribution in [2.45, 2.75) is 39.4 Å². The van der Waals surface area contributed by atoms with Crippen LogP contribution in [0, 0.1) is 5.92 Å². The third-order valence-electron chi connectivity index (χ3n) is 4.57. The van der Waals surface area contributed by atoms with Gasteiger partial charge in [-0.3, -0.25) is 4.79 Å². The van der Waals surface area contributed by atoms with Gasteiger partial charge in [0.05, 0.1) is 27.2 Å². The normalized spacial score (nSPS) is 12.8. The zero-order valence-corrected chi connectivity index (χ0v) is 19.6. The number of ether oxygens (including phenoxy) is 5. The summed E-state index contributed by atoms with van der Waals surface area (Å²) in [5, 5.41) is 2.83. The van der Waals surface area contributed by atoms with Crippen LogP contribution in [0.15, 0.2) is 42.5 Å². The summed E-state index contributed by atoms with van der Waals surface area (Å²) in [6, 6.07) is 12.0. The summed E-state index contributed by atoms with van der Waals surface area (Å²) in [6.45, 7) is 6.88. The molecule has 2 atom stereocenters. The topological polar surface area (TPSA) is 92.3 Å². The smallest absolute Gasteiger partial charge is 0.497 e. The van der Waals surface area contributed by atoms with Crippen molar-refractivity contribution in [1.82, 2.24) is 0 Å². The number of amides is 1. The van der Waals surface area contributed by atoms with Crippen molar-refractivity contribution in [2.24, 2.45) is 5.92 Å². The lowest BCUT2D eigenvalue weighted by Crippen LogP contribution is -2.31. The highest BCUT2D eigenvalue weighted by Crippen LogP contribution is 2.35. The summed E-state index contributed by atoms with van der Waals surface area (Å²) in [7, 11) is 4.60. The Labute approximate surface area is 188 Å². The molecule has 0 saturated carbocycles. The third kappa shape index (κ3) is 6.80. The Morgan fingerprint density at radius 3 is 2.03 bits per heavy atom. The Hall–Kier alpha value is -3.42. The number of carbonyl (C=O) groups excluding carboxylic acids is 2. The second-order valence-electron chi connectivity index (χ2n) is 8.12. The zero-order chi connectivity index (χ0) is 23.9. The molecule has 1 N–H and O–H groups in total. The predicted octanol–water partition coefficient (Wildman–Crippen LogP) is 4.98. The molecular weight excluding hydrogens is 414 g/mol. The largest absolute Gasteiger partial charge is 0.509 e. The quantitative estimate of drug-likeness (QED) is 0.573. The fourth-order valence-corrected chi connectivity index (χ4v) is 2.93. The molecule has 0 bridgehead atoms. The van der Waals surface area contributed by atoms with Crippen LogP contribution in [0.3, 0.4) is 0 Å². The molecule has 0 fully saturated rings. The van der Waals surface area contributed by atoms with Crippen LogP contribution >= 0.6 is 0 Å². The summed E-state index contributed by atoms with van der Waals surface area (Å²) < 4.78 is 26.7. The number of benzene rings is 2. The van der Waals surface area contributed by atoms with Gasteiger partial charge in [-0.1, -0.05) is 6.07 Å². The van der Waals surface area contributed by atoms with Crippen molar-refractivity contribution in [2.75, 3.05) is 26.6 Å². The lowest BCUT2D eigenvalue weighted by atomic mass is 9.95. The molecule has 2 rings (SSSR count). The van der Waals surface area contributed by atoms with Gasteiger partial charge in [-0.2, -0.15) is 0 Å². The first-order valence-electron chi connectivity index (χ1n) is 10.1. The van der Waals surface area contributed by atoms with Gasteiger partial charge in [0.25, 0.3) is 0 Å². The molecule has 8 heteroatoms. The molecule has 0 aliphatic rings. The van der Waals surface area contributed by atoms with E-state index in [1.807, 2.05) is 0 Å². The average molecular weight is 446 g/mol. The van der Waals surface area contributed by atoms with Gasteiger partial charge >= 0.3 is 6.16 Å². The lowest BCUT2D eigenvalue weighted by Gasteiger charge is -2.26. The molecule has 174 valence electrons. The molecule has 0 saturated heterocycles. The Morgan fingerprint density at radius 2 is 1.50 bits per heavy atom. The summed E-state index contributed by atoms with van der Waals surface area (Å²) in [6.07, 6.45) is -1.80. The van der Waals surface area contributed by atoms with E-state index < -0.39 is 23.8 Å². The number of nitrogens with one attached hydrogen (secondary N) is 1. The fraction of sp³-hybridized carbons (Fsp3) is 0.417. The van der Waals surface area contributed by atoms with Crippen LogP contribution in [0.4, 0.5) is 10.5 Å². The second kappa shape index (κ2) is 10.7. The number of anilines is 1. The Kier molecular flexibility index (Phi) is 8.34. The second-order valence-corrected chi connectivity index (χ2v) is 8.12. The predicted molar refractivity (Wildman–Crippen MR) is 120 cm³/mol. The highest BCUT2D eigenvalue weighted by Gasteiger charge is 2.32. The molecule has 0 heterocycles. The van der Waals surface area contributed by atoms with E-state index >= 15 is 0 Å². The molecule has 0 aliphatic carbocycles. The first-order valence-corrected chi connectivity index (χ1v) is 10.1. The van der Waals surface area contributed by atoms with Crippen LogP contribution in [0.1, 0.15) is 39.4 Å². The van der Waals surface area contributed by atoms with E-state index in [4.69, 9.17) is 23.7 Å². The molecule has 0 aromatic heterocycles. The molecule has 1 amide bonds. The summed E-state index contributed by atoms with van der Waals surface area (Å²) >= 11 is 0. The van der Waals surface area contributed by atoms with E-state index in [0.717, 1.165) is 0 Å². The van der Waals surface area contributed by atoms with E-state index in [9.17, 15) is 9.59 Å². The van der Waals surface area contributed by atoms with Gasteiger partial charge in [0.2, 0.25) is 5.91 Å². The molecule has 2 aromatic rings. The van der Waals surface area contributed by atoms with Gasteiger partial charge in [-0.15, -0.1) is 0 Å². The van der Waals surface area contributed by atoms with Crippen LogP contribution < -0.4 is 19.5 Å². The van der Waals surface area contributed by atoms with Crippen molar-refractivity contribution in [3.05, 3.63) is 48.0 Å². The minimum atomic E-state index is -0.928. The SMILES string of the molecule is COc1ccc(NC(=O)[C@H](C)[C@@H](OC(=O)OC(C)(C)C)c2ccc(OC)c(OC)c2)cc1. The van der Waals surface area contributed by atoms with Crippen LogP contribution in [-0.2, 0) is 14.3 Å². The van der Waals surface area contributed by atoms with Gasteiger partial charge in [-0.05, 0) is 69.7 Å². The Morgan fingerprint density at radius 1 is 0.875 bits per heavy atom. The maximum atomic E-state index is 13.0. The molecule has 0 radical (unpaired) electrons. The lowest BCUT2D eigenvalue weighted by molar-refractivity contribution is -0.124. The van der Waals surface area contributed by atoms with Gasteiger partial charge < -0.3 is 29.0 Å². The third-order valence-corrected chi connectivity index (χ3v) is 4.57. The first-order chi connectivity index (χ1) is 15.1. The number of hydrogen-bond acceptors (Lipinski definition) is 7. The monoisotopic (exact) mass is 445 g/mol. The van der Waals surface area contributed by atoms with E-state index in [1.165, 1.54) is 14.2 Å². The maximum Gasteiger partial charge on any atom is 0.509 e. The van der Waals surface area contributed by atoms with Crippen molar-refractivity contribution in [3.8, 4) is 17.2 Å². The molecular formula is C24H31NO7. The average Bonchev–Trinajstić information content (AvgIpc) is 2.75. The standard InChI is InChI=1S/C24H31NO7/c1-15(22(26)25-17-9-11-18(28-5)12-10-17)21(31-23(27)32-24(2,3)4)16-8-13-19(29-6)20(14-16)30-7/h8-15,21H,1-7H3,(H,25,26)/t15-,21-/m1/s1. The van der Waals surface area contributed by atoms with E-state index in [1.54, 1.807) is 77.3 Å². The molecule has 0 aliphatic heterocycles. The van der Waals surface area contributed by atoms with Gasteiger partial charge in [0.15, 0.2) is 11.5 Å². The number of carbonyl (C=O) groups is 2.